The predicted molar refractivity (Wildman–Crippen MR) is 53.7 cm³/mol. The molecule has 0 fully saturated rings. The molecule has 0 bridgehead atoms. The van der Waals surface area contributed by atoms with E-state index in [9.17, 15) is 17.6 Å². The van der Waals surface area contributed by atoms with Crippen molar-refractivity contribution in [2.75, 3.05) is 7.11 Å². The van der Waals surface area contributed by atoms with E-state index in [0.717, 1.165) is 12.1 Å². The van der Waals surface area contributed by atoms with Crippen molar-refractivity contribution in [2.45, 2.75) is 18.7 Å². The molecule has 0 aliphatic carbocycles. The quantitative estimate of drug-likeness (QED) is 0.857. The fourth-order valence-electron chi connectivity index (χ4n) is 1.27. The van der Waals surface area contributed by atoms with Gasteiger partial charge in [0.1, 0.15) is 11.6 Å². The Morgan fingerprint density at radius 2 is 2.00 bits per heavy atom. The molecule has 0 spiro atoms. The molecule has 0 saturated heterocycles. The van der Waals surface area contributed by atoms with Gasteiger partial charge in [-0.25, -0.2) is 4.39 Å². The van der Waals surface area contributed by atoms with Crippen molar-refractivity contribution < 1.29 is 27.4 Å². The molecule has 1 aromatic rings. The van der Waals surface area contributed by atoms with Gasteiger partial charge in [-0.15, -0.1) is 0 Å². The number of rotatable bonds is 3. The molecule has 1 aromatic carbocycles. The molecule has 1 unspecified atom stereocenters. The molecular weight excluding hydrogens is 264 g/mol. The highest BCUT2D eigenvalue weighted by atomic mass is 35.5. The Bertz CT molecular complexity index is 406. The average molecular weight is 273 g/mol. The third kappa shape index (κ3) is 3.23. The van der Waals surface area contributed by atoms with Crippen molar-refractivity contribution in [3.8, 4) is 5.75 Å². The van der Waals surface area contributed by atoms with Gasteiger partial charge in [0.05, 0.1) is 12.1 Å². The summed E-state index contributed by atoms with van der Waals surface area (Å²) in [6.45, 7) is 0. The first kappa shape index (κ1) is 14.1. The fourth-order valence-corrected chi connectivity index (χ4v) is 1.50. The first-order chi connectivity index (χ1) is 7.77. The molecule has 0 amide bonds. The highest BCUT2D eigenvalue weighted by molar-refractivity contribution is 6.31. The van der Waals surface area contributed by atoms with Crippen LogP contribution in [0.5, 0.6) is 5.75 Å². The Kier molecular flexibility index (Phi) is 4.21. The van der Waals surface area contributed by atoms with E-state index in [-0.39, 0.29) is 11.3 Å². The Hall–Kier alpha value is -1.01. The van der Waals surface area contributed by atoms with E-state index in [2.05, 4.69) is 0 Å². The lowest BCUT2D eigenvalue weighted by atomic mass is 10.1. The van der Waals surface area contributed by atoms with Gasteiger partial charge in [0.15, 0.2) is 6.10 Å². The second-order valence-electron chi connectivity index (χ2n) is 3.30. The van der Waals surface area contributed by atoms with E-state index in [0.29, 0.717) is 0 Å². The van der Waals surface area contributed by atoms with Gasteiger partial charge in [-0.1, -0.05) is 11.6 Å². The van der Waals surface area contributed by atoms with Crippen molar-refractivity contribution >= 4 is 11.6 Å². The van der Waals surface area contributed by atoms with Crippen LogP contribution >= 0.6 is 11.6 Å². The summed E-state index contributed by atoms with van der Waals surface area (Å²) >= 11 is 5.54. The van der Waals surface area contributed by atoms with Crippen LogP contribution in [-0.4, -0.2) is 24.5 Å². The first-order valence-electron chi connectivity index (χ1n) is 4.53. The van der Waals surface area contributed by atoms with E-state index >= 15 is 0 Å². The number of benzene rings is 1. The number of methoxy groups -OCH3 is 1. The van der Waals surface area contributed by atoms with Gasteiger partial charge in [-0.05, 0) is 12.1 Å². The Morgan fingerprint density at radius 3 is 2.47 bits per heavy atom. The van der Waals surface area contributed by atoms with Crippen LogP contribution in [-0.2, 0) is 6.42 Å². The fraction of sp³-hybridized carbons (Fsp3) is 0.400. The van der Waals surface area contributed by atoms with Gasteiger partial charge >= 0.3 is 6.18 Å². The number of aliphatic hydroxyl groups is 1. The van der Waals surface area contributed by atoms with Gasteiger partial charge in [-0.2, -0.15) is 13.2 Å². The van der Waals surface area contributed by atoms with Gasteiger partial charge in [0.2, 0.25) is 0 Å². The molecular formula is C10H9ClF4O2. The number of halogens is 5. The standard InChI is InChI=1S/C10H9ClF4O2/c1-17-7-3-2-6(12)9(11)5(7)4-8(16)10(13,14)15/h2-3,8,16H,4H2,1H3. The Balaban J connectivity index is 3.09. The number of hydrogen-bond acceptors (Lipinski definition) is 2. The third-order valence-electron chi connectivity index (χ3n) is 2.15. The lowest BCUT2D eigenvalue weighted by Crippen LogP contribution is -2.30. The van der Waals surface area contributed by atoms with Crippen LogP contribution in [0.1, 0.15) is 5.56 Å². The second kappa shape index (κ2) is 5.10. The molecule has 96 valence electrons. The largest absolute Gasteiger partial charge is 0.496 e. The van der Waals surface area contributed by atoms with E-state index < -0.39 is 29.5 Å². The second-order valence-corrected chi connectivity index (χ2v) is 3.68. The summed E-state index contributed by atoms with van der Waals surface area (Å²) in [6.07, 6.45) is -8.26. The molecule has 1 atom stereocenters. The number of aliphatic hydroxyl groups excluding tert-OH is 1. The number of alkyl halides is 3. The summed E-state index contributed by atoms with van der Waals surface area (Å²) in [6, 6.07) is 2.13. The van der Waals surface area contributed by atoms with Crippen LogP contribution in [0.3, 0.4) is 0 Å². The van der Waals surface area contributed by atoms with Crippen molar-refractivity contribution in [3.05, 3.63) is 28.5 Å². The van der Waals surface area contributed by atoms with Crippen LogP contribution in [0, 0.1) is 5.82 Å². The first-order valence-corrected chi connectivity index (χ1v) is 4.90. The number of ether oxygens (including phenoxy) is 1. The van der Waals surface area contributed by atoms with Crippen molar-refractivity contribution in [1.29, 1.82) is 0 Å². The van der Waals surface area contributed by atoms with E-state index in [4.69, 9.17) is 21.4 Å². The van der Waals surface area contributed by atoms with Crippen LogP contribution in [0.4, 0.5) is 17.6 Å². The smallest absolute Gasteiger partial charge is 0.414 e. The summed E-state index contributed by atoms with van der Waals surface area (Å²) in [5.41, 5.74) is -0.209. The van der Waals surface area contributed by atoms with Crippen molar-refractivity contribution in [2.24, 2.45) is 0 Å². The van der Waals surface area contributed by atoms with Gasteiger partial charge in [0.25, 0.3) is 0 Å². The lowest BCUT2D eigenvalue weighted by molar-refractivity contribution is -0.203. The SMILES string of the molecule is COc1ccc(F)c(Cl)c1CC(O)C(F)(F)F. The molecule has 1 N–H and O–H groups in total. The van der Waals surface area contributed by atoms with E-state index in [1.165, 1.54) is 7.11 Å². The minimum Gasteiger partial charge on any atom is -0.496 e. The Morgan fingerprint density at radius 1 is 1.41 bits per heavy atom. The third-order valence-corrected chi connectivity index (χ3v) is 2.56. The zero-order valence-corrected chi connectivity index (χ0v) is 9.44. The van der Waals surface area contributed by atoms with Gasteiger partial charge < -0.3 is 9.84 Å². The molecule has 0 aliphatic rings. The average Bonchev–Trinajstić information content (AvgIpc) is 2.23. The molecule has 1 rings (SSSR count). The highest BCUT2D eigenvalue weighted by Crippen LogP contribution is 2.33. The van der Waals surface area contributed by atoms with Crippen molar-refractivity contribution in [1.82, 2.24) is 0 Å². The van der Waals surface area contributed by atoms with Crippen LogP contribution < -0.4 is 4.74 Å². The van der Waals surface area contributed by atoms with Gasteiger partial charge in [-0.3, -0.25) is 0 Å². The summed E-state index contributed by atoms with van der Waals surface area (Å²) in [5, 5.41) is 8.43. The molecule has 0 radical (unpaired) electrons. The van der Waals surface area contributed by atoms with E-state index in [1.54, 1.807) is 0 Å². The topological polar surface area (TPSA) is 29.5 Å². The molecule has 2 nitrogen and oxygen atoms in total. The van der Waals surface area contributed by atoms with Crippen molar-refractivity contribution in [3.63, 3.8) is 0 Å². The number of hydrogen-bond donors (Lipinski definition) is 1. The lowest BCUT2D eigenvalue weighted by Gasteiger charge is -2.17. The monoisotopic (exact) mass is 272 g/mol. The summed E-state index contributed by atoms with van der Waals surface area (Å²) in [4.78, 5) is 0. The predicted octanol–water partition coefficient (Wildman–Crippen LogP) is 2.95. The maximum atomic E-state index is 13.1. The minimum atomic E-state index is -4.79. The van der Waals surface area contributed by atoms with Crippen LogP contribution in [0.15, 0.2) is 12.1 Å². The maximum Gasteiger partial charge on any atom is 0.414 e. The zero-order valence-electron chi connectivity index (χ0n) is 8.68. The molecule has 0 aliphatic heterocycles. The molecule has 0 aromatic heterocycles. The van der Waals surface area contributed by atoms with E-state index in [1.807, 2.05) is 0 Å². The summed E-state index contributed by atoms with van der Waals surface area (Å²) in [5.74, 6) is -0.864. The molecule has 7 heteroatoms. The normalized spacial score (nSPS) is 13.6. The zero-order chi connectivity index (χ0) is 13.2. The highest BCUT2D eigenvalue weighted by Gasteiger charge is 2.39. The maximum absolute atomic E-state index is 13.1. The summed E-state index contributed by atoms with van der Waals surface area (Å²) in [7, 11) is 1.22. The Labute approximate surface area is 99.8 Å². The molecule has 0 heterocycles. The van der Waals surface area contributed by atoms with Crippen LogP contribution in [0.25, 0.3) is 0 Å². The van der Waals surface area contributed by atoms with Gasteiger partial charge in [0, 0.05) is 12.0 Å². The van der Waals surface area contributed by atoms with Crippen LogP contribution in [0.2, 0.25) is 5.02 Å². The minimum absolute atomic E-state index is 0.000278. The summed E-state index contributed by atoms with van der Waals surface area (Å²) < 4.78 is 54.4. The molecule has 17 heavy (non-hydrogen) atoms. The molecule has 0 saturated carbocycles.